The lowest BCUT2D eigenvalue weighted by Crippen LogP contribution is -1.95. The molecule has 0 atom stereocenters. The van der Waals surface area contributed by atoms with E-state index in [0.29, 0.717) is 5.28 Å². The first-order valence-corrected chi connectivity index (χ1v) is 4.92. The van der Waals surface area contributed by atoms with E-state index in [9.17, 15) is 0 Å². The van der Waals surface area contributed by atoms with Gasteiger partial charge in [0.05, 0.1) is 5.69 Å². The molecule has 68 valence electrons. The smallest absolute Gasteiger partial charge is 0.222 e. The predicted octanol–water partition coefficient (Wildman–Crippen LogP) is 3.09. The Kier molecular flexibility index (Phi) is 2.60. The minimum Gasteiger partial charge on any atom is -0.226 e. The number of aromatic nitrogens is 2. The standard InChI is InChI=1S/C10H11ClN2/c11-10-12-7-6-9(13-10)8-4-2-1-3-5-8/h4,6-7H,1-3,5H2. The van der Waals surface area contributed by atoms with Crippen molar-refractivity contribution in [3.8, 4) is 0 Å². The van der Waals surface area contributed by atoms with Gasteiger partial charge in [0, 0.05) is 6.20 Å². The molecule has 0 fully saturated rings. The van der Waals surface area contributed by atoms with Crippen molar-refractivity contribution in [2.45, 2.75) is 25.7 Å². The van der Waals surface area contributed by atoms with Crippen LogP contribution in [0.1, 0.15) is 31.4 Å². The summed E-state index contributed by atoms with van der Waals surface area (Å²) < 4.78 is 0. The number of halogens is 1. The molecule has 0 amide bonds. The summed E-state index contributed by atoms with van der Waals surface area (Å²) in [4.78, 5) is 8.04. The summed E-state index contributed by atoms with van der Waals surface area (Å²) in [5.74, 6) is 0. The van der Waals surface area contributed by atoms with Crippen LogP contribution in [0.2, 0.25) is 5.28 Å². The zero-order chi connectivity index (χ0) is 9.10. The molecule has 1 aliphatic rings. The highest BCUT2D eigenvalue weighted by Gasteiger charge is 2.07. The first-order chi connectivity index (χ1) is 6.36. The summed E-state index contributed by atoms with van der Waals surface area (Å²) in [5, 5.41) is 0.337. The van der Waals surface area contributed by atoms with Gasteiger partial charge in [-0.25, -0.2) is 9.97 Å². The van der Waals surface area contributed by atoms with Crippen LogP contribution < -0.4 is 0 Å². The average Bonchev–Trinajstić information content (AvgIpc) is 2.19. The van der Waals surface area contributed by atoms with Crippen LogP contribution in [0.15, 0.2) is 18.3 Å². The van der Waals surface area contributed by atoms with Gasteiger partial charge in [0.25, 0.3) is 0 Å². The summed E-state index contributed by atoms with van der Waals surface area (Å²) in [6, 6.07) is 1.92. The highest BCUT2D eigenvalue weighted by atomic mass is 35.5. The van der Waals surface area contributed by atoms with Gasteiger partial charge in [-0.3, -0.25) is 0 Å². The molecular formula is C10H11ClN2. The minimum absolute atomic E-state index is 0.337. The van der Waals surface area contributed by atoms with Gasteiger partial charge in [-0.05, 0) is 48.9 Å². The fourth-order valence-electron chi connectivity index (χ4n) is 1.58. The number of nitrogens with zero attached hydrogens (tertiary/aromatic N) is 2. The lowest BCUT2D eigenvalue weighted by Gasteiger charge is -2.11. The number of hydrogen-bond donors (Lipinski definition) is 0. The van der Waals surface area contributed by atoms with Crippen molar-refractivity contribution in [2.75, 3.05) is 0 Å². The van der Waals surface area contributed by atoms with Gasteiger partial charge in [-0.15, -0.1) is 0 Å². The Hall–Kier alpha value is -0.890. The average molecular weight is 195 g/mol. The Labute approximate surface area is 82.7 Å². The Morgan fingerprint density at radius 1 is 1.31 bits per heavy atom. The Morgan fingerprint density at radius 2 is 2.23 bits per heavy atom. The fourth-order valence-corrected chi connectivity index (χ4v) is 1.73. The van der Waals surface area contributed by atoms with Crippen molar-refractivity contribution in [2.24, 2.45) is 0 Å². The lowest BCUT2D eigenvalue weighted by atomic mass is 9.97. The molecule has 0 unspecified atom stereocenters. The summed E-state index contributed by atoms with van der Waals surface area (Å²) in [6.45, 7) is 0. The minimum atomic E-state index is 0.337. The molecule has 2 nitrogen and oxygen atoms in total. The van der Waals surface area contributed by atoms with E-state index in [1.165, 1.54) is 18.4 Å². The van der Waals surface area contributed by atoms with Crippen molar-refractivity contribution < 1.29 is 0 Å². The first-order valence-electron chi connectivity index (χ1n) is 4.54. The maximum absolute atomic E-state index is 5.71. The summed E-state index contributed by atoms with van der Waals surface area (Å²) in [5.41, 5.74) is 2.30. The Morgan fingerprint density at radius 3 is 2.92 bits per heavy atom. The molecule has 0 bridgehead atoms. The SMILES string of the molecule is Clc1nccc(C2=CCCCC2)n1. The third-order valence-electron chi connectivity index (χ3n) is 2.25. The van der Waals surface area contributed by atoms with E-state index in [0.717, 1.165) is 18.5 Å². The summed E-state index contributed by atoms with van der Waals surface area (Å²) >= 11 is 5.71. The zero-order valence-corrected chi connectivity index (χ0v) is 8.09. The lowest BCUT2D eigenvalue weighted by molar-refractivity contribution is 0.739. The Balaban J connectivity index is 2.29. The number of hydrogen-bond acceptors (Lipinski definition) is 2. The van der Waals surface area contributed by atoms with Gasteiger partial charge in [-0.1, -0.05) is 6.08 Å². The molecule has 0 aromatic carbocycles. The molecule has 0 saturated carbocycles. The van der Waals surface area contributed by atoms with Gasteiger partial charge < -0.3 is 0 Å². The highest BCUT2D eigenvalue weighted by Crippen LogP contribution is 2.25. The molecule has 0 aliphatic heterocycles. The van der Waals surface area contributed by atoms with Crippen LogP contribution in [-0.2, 0) is 0 Å². The highest BCUT2D eigenvalue weighted by molar-refractivity contribution is 6.28. The molecule has 2 rings (SSSR count). The maximum atomic E-state index is 5.71. The van der Waals surface area contributed by atoms with Crippen molar-refractivity contribution in [3.63, 3.8) is 0 Å². The van der Waals surface area contributed by atoms with E-state index in [-0.39, 0.29) is 0 Å². The molecule has 13 heavy (non-hydrogen) atoms. The van der Waals surface area contributed by atoms with Gasteiger partial charge in [0.2, 0.25) is 5.28 Å². The monoisotopic (exact) mass is 194 g/mol. The van der Waals surface area contributed by atoms with Crippen LogP contribution in [0.5, 0.6) is 0 Å². The third kappa shape index (κ3) is 2.07. The molecule has 1 aromatic rings. The second-order valence-electron chi connectivity index (χ2n) is 3.19. The molecule has 0 saturated heterocycles. The summed E-state index contributed by atoms with van der Waals surface area (Å²) in [6.07, 6.45) is 8.79. The molecule has 0 radical (unpaired) electrons. The van der Waals surface area contributed by atoms with E-state index in [1.54, 1.807) is 6.20 Å². The van der Waals surface area contributed by atoms with Gasteiger partial charge in [0.1, 0.15) is 0 Å². The van der Waals surface area contributed by atoms with E-state index in [1.807, 2.05) is 6.07 Å². The van der Waals surface area contributed by atoms with Crippen molar-refractivity contribution >= 4 is 17.2 Å². The molecular weight excluding hydrogens is 184 g/mol. The van der Waals surface area contributed by atoms with Crippen LogP contribution in [-0.4, -0.2) is 9.97 Å². The van der Waals surface area contributed by atoms with E-state index in [2.05, 4.69) is 16.0 Å². The van der Waals surface area contributed by atoms with Crippen LogP contribution in [0.25, 0.3) is 5.57 Å². The van der Waals surface area contributed by atoms with E-state index < -0.39 is 0 Å². The van der Waals surface area contributed by atoms with Crippen molar-refractivity contribution in [1.82, 2.24) is 9.97 Å². The normalized spacial score (nSPS) is 16.8. The van der Waals surface area contributed by atoms with E-state index >= 15 is 0 Å². The molecule has 1 heterocycles. The second kappa shape index (κ2) is 3.88. The Bertz CT molecular complexity index is 333. The fraction of sp³-hybridized carbons (Fsp3) is 0.400. The van der Waals surface area contributed by atoms with Crippen molar-refractivity contribution in [3.05, 3.63) is 29.3 Å². The molecule has 1 aliphatic carbocycles. The summed E-state index contributed by atoms with van der Waals surface area (Å²) in [7, 11) is 0. The maximum Gasteiger partial charge on any atom is 0.222 e. The van der Waals surface area contributed by atoms with Gasteiger partial charge in [-0.2, -0.15) is 0 Å². The quantitative estimate of drug-likeness (QED) is 0.643. The topological polar surface area (TPSA) is 25.8 Å². The van der Waals surface area contributed by atoms with E-state index in [4.69, 9.17) is 11.6 Å². The number of rotatable bonds is 1. The van der Waals surface area contributed by atoms with Gasteiger partial charge in [0.15, 0.2) is 0 Å². The predicted molar refractivity (Wildman–Crippen MR) is 53.5 cm³/mol. The van der Waals surface area contributed by atoms with Gasteiger partial charge >= 0.3 is 0 Å². The van der Waals surface area contributed by atoms with Crippen LogP contribution in [0, 0.1) is 0 Å². The molecule has 1 aromatic heterocycles. The molecule has 0 N–H and O–H groups in total. The third-order valence-corrected chi connectivity index (χ3v) is 2.43. The largest absolute Gasteiger partial charge is 0.226 e. The first kappa shape index (κ1) is 8.70. The van der Waals surface area contributed by atoms with Crippen molar-refractivity contribution in [1.29, 1.82) is 0 Å². The van der Waals surface area contributed by atoms with Crippen LogP contribution >= 0.6 is 11.6 Å². The van der Waals surface area contributed by atoms with Crippen LogP contribution in [0.3, 0.4) is 0 Å². The zero-order valence-electron chi connectivity index (χ0n) is 7.33. The van der Waals surface area contributed by atoms with Crippen LogP contribution in [0.4, 0.5) is 0 Å². The number of allylic oxidation sites excluding steroid dienone is 2. The second-order valence-corrected chi connectivity index (χ2v) is 3.52. The molecule has 0 spiro atoms. The molecule has 3 heteroatoms.